The number of fused-ring (bicyclic) bond motifs is 1. The molecule has 0 spiro atoms. The maximum absolute atomic E-state index is 12.8. The third-order valence-electron chi connectivity index (χ3n) is 5.28. The lowest BCUT2D eigenvalue weighted by Crippen LogP contribution is -2.40. The monoisotopic (exact) mass is 403 g/mol. The zero-order valence-electron chi connectivity index (χ0n) is 12.2. The smallest absolute Gasteiger partial charge is 0.416 e. The number of carbonyl (C=O) groups is 2. The Balaban J connectivity index is 1.56. The van der Waals surface area contributed by atoms with Crippen molar-refractivity contribution >= 4 is 33.5 Å². The molecule has 0 aromatic heterocycles. The van der Waals surface area contributed by atoms with Crippen molar-refractivity contribution in [2.24, 2.45) is 23.7 Å². The van der Waals surface area contributed by atoms with E-state index in [0.29, 0.717) is 0 Å². The van der Waals surface area contributed by atoms with Gasteiger partial charge in [0.2, 0.25) is 5.91 Å². The van der Waals surface area contributed by atoms with Crippen LogP contribution in [0.25, 0.3) is 0 Å². The molecule has 0 unspecified atom stereocenters. The van der Waals surface area contributed by atoms with E-state index in [-0.39, 0.29) is 34.4 Å². The number of halogens is 4. The summed E-state index contributed by atoms with van der Waals surface area (Å²) in [7, 11) is 0. The first-order valence-electron chi connectivity index (χ1n) is 7.60. The van der Waals surface area contributed by atoms with Crippen LogP contribution in [0.1, 0.15) is 12.0 Å². The van der Waals surface area contributed by atoms with Crippen LogP contribution < -0.4 is 5.32 Å². The number of ether oxygens (including phenoxy) is 1. The molecule has 4 nitrogen and oxygen atoms in total. The highest BCUT2D eigenvalue weighted by atomic mass is 79.9. The number of esters is 1. The Kier molecular flexibility index (Phi) is 3.46. The Labute approximate surface area is 143 Å². The van der Waals surface area contributed by atoms with Crippen molar-refractivity contribution in [3.63, 3.8) is 0 Å². The summed E-state index contributed by atoms with van der Waals surface area (Å²) >= 11 is 3.50. The van der Waals surface area contributed by atoms with Gasteiger partial charge in [-0.25, -0.2) is 0 Å². The van der Waals surface area contributed by atoms with Gasteiger partial charge in [0.1, 0.15) is 6.10 Å². The fourth-order valence-electron chi connectivity index (χ4n) is 4.33. The van der Waals surface area contributed by atoms with Gasteiger partial charge in [-0.15, -0.1) is 0 Å². The van der Waals surface area contributed by atoms with Crippen LogP contribution >= 0.6 is 15.9 Å². The Morgan fingerprint density at radius 1 is 1.29 bits per heavy atom. The van der Waals surface area contributed by atoms with Gasteiger partial charge in [-0.05, 0) is 30.5 Å². The van der Waals surface area contributed by atoms with E-state index in [1.807, 2.05) is 0 Å². The molecule has 4 rings (SSSR count). The molecular weight excluding hydrogens is 391 g/mol. The van der Waals surface area contributed by atoms with Gasteiger partial charge >= 0.3 is 12.1 Å². The normalized spacial score (nSPS) is 36.8. The first-order valence-corrected chi connectivity index (χ1v) is 8.51. The van der Waals surface area contributed by atoms with Crippen LogP contribution in [0.15, 0.2) is 24.3 Å². The van der Waals surface area contributed by atoms with Gasteiger partial charge in [0.05, 0.1) is 22.2 Å². The first-order chi connectivity index (χ1) is 11.3. The topological polar surface area (TPSA) is 55.4 Å². The summed E-state index contributed by atoms with van der Waals surface area (Å²) in [5.74, 6) is -1.88. The molecule has 24 heavy (non-hydrogen) atoms. The molecule has 1 aliphatic heterocycles. The van der Waals surface area contributed by atoms with Crippen molar-refractivity contribution in [3.8, 4) is 0 Å². The number of anilines is 1. The lowest BCUT2D eigenvalue weighted by atomic mass is 9.79. The molecule has 1 aromatic rings. The third-order valence-corrected chi connectivity index (χ3v) is 6.48. The van der Waals surface area contributed by atoms with Crippen LogP contribution in [0.3, 0.4) is 0 Å². The van der Waals surface area contributed by atoms with Crippen molar-refractivity contribution in [1.29, 1.82) is 0 Å². The van der Waals surface area contributed by atoms with Gasteiger partial charge in [0, 0.05) is 11.6 Å². The van der Waals surface area contributed by atoms with Crippen LogP contribution in [0.4, 0.5) is 18.9 Å². The van der Waals surface area contributed by atoms with Crippen LogP contribution in [-0.2, 0) is 20.5 Å². The molecule has 1 aromatic carbocycles. The zero-order chi connectivity index (χ0) is 17.2. The molecule has 2 saturated carbocycles. The second-order valence-corrected chi connectivity index (χ2v) is 7.59. The Morgan fingerprint density at radius 2 is 2.04 bits per heavy atom. The average Bonchev–Trinajstić information content (AvgIpc) is 3.11. The van der Waals surface area contributed by atoms with E-state index >= 15 is 0 Å². The lowest BCUT2D eigenvalue weighted by molar-refractivity contribution is -0.145. The fraction of sp³-hybridized carbons (Fsp3) is 0.500. The molecule has 2 bridgehead atoms. The number of amides is 1. The van der Waals surface area contributed by atoms with Crippen LogP contribution in [-0.4, -0.2) is 22.8 Å². The summed E-state index contributed by atoms with van der Waals surface area (Å²) in [4.78, 5) is 24.6. The predicted molar refractivity (Wildman–Crippen MR) is 81.2 cm³/mol. The van der Waals surface area contributed by atoms with E-state index in [1.165, 1.54) is 12.1 Å². The van der Waals surface area contributed by atoms with Crippen molar-refractivity contribution in [3.05, 3.63) is 29.8 Å². The number of hydrogen-bond donors (Lipinski definition) is 1. The van der Waals surface area contributed by atoms with Crippen LogP contribution in [0.2, 0.25) is 0 Å². The fourth-order valence-corrected chi connectivity index (χ4v) is 5.37. The highest BCUT2D eigenvalue weighted by Crippen LogP contribution is 2.60. The molecule has 2 aliphatic carbocycles. The highest BCUT2D eigenvalue weighted by Gasteiger charge is 2.67. The molecule has 128 valence electrons. The van der Waals surface area contributed by atoms with Gasteiger partial charge < -0.3 is 10.1 Å². The molecule has 1 heterocycles. The van der Waals surface area contributed by atoms with Crippen molar-refractivity contribution in [2.75, 3.05) is 5.32 Å². The molecule has 3 aliphatic rings. The number of nitrogens with one attached hydrogen (secondary N) is 1. The molecule has 3 fully saturated rings. The van der Waals surface area contributed by atoms with E-state index in [4.69, 9.17) is 4.74 Å². The largest absolute Gasteiger partial charge is 0.461 e. The van der Waals surface area contributed by atoms with Crippen molar-refractivity contribution in [2.45, 2.75) is 23.5 Å². The summed E-state index contributed by atoms with van der Waals surface area (Å²) in [5.41, 5.74) is -0.751. The Morgan fingerprint density at radius 3 is 2.75 bits per heavy atom. The number of hydrogen-bond acceptors (Lipinski definition) is 3. The average molecular weight is 404 g/mol. The lowest BCUT2D eigenvalue weighted by Gasteiger charge is -2.27. The SMILES string of the molecule is O=C(Nc1cccc(C(F)(F)F)c1)[C@@H]1[C@H]2C[C@H]3[C@H](OC(=O)[C@@H]31)[C@H]2Br. The van der Waals surface area contributed by atoms with E-state index in [2.05, 4.69) is 21.2 Å². The molecule has 6 atom stereocenters. The second kappa shape index (κ2) is 5.21. The summed E-state index contributed by atoms with van der Waals surface area (Å²) in [6, 6.07) is 4.49. The number of rotatable bonds is 2. The Hall–Kier alpha value is -1.57. The second-order valence-electron chi connectivity index (χ2n) is 6.53. The van der Waals surface area contributed by atoms with Gasteiger partial charge in [0.25, 0.3) is 0 Å². The number of carbonyl (C=O) groups excluding carboxylic acids is 2. The zero-order valence-corrected chi connectivity index (χ0v) is 13.8. The minimum atomic E-state index is -4.48. The van der Waals surface area contributed by atoms with Crippen molar-refractivity contribution < 1.29 is 27.5 Å². The van der Waals surface area contributed by atoms with E-state index < -0.39 is 29.5 Å². The van der Waals surface area contributed by atoms with E-state index in [9.17, 15) is 22.8 Å². The molecule has 0 radical (unpaired) electrons. The molecule has 1 N–H and O–H groups in total. The summed E-state index contributed by atoms with van der Waals surface area (Å²) in [5, 5.41) is 2.54. The standard InChI is InChI=1S/C16H13BrF3NO3/c17-12-8-5-9-11(15(23)24-13(9)12)10(8)14(22)21-7-3-1-2-6(4-7)16(18,19)20/h1-4,8-13H,5H2,(H,21,22)/t8-,9-,10-,11+,12+,13+/m1/s1. The van der Waals surface area contributed by atoms with Crippen LogP contribution in [0.5, 0.6) is 0 Å². The first kappa shape index (κ1) is 15.9. The predicted octanol–water partition coefficient (Wildman–Crippen LogP) is 3.21. The van der Waals surface area contributed by atoms with E-state index in [0.717, 1.165) is 18.6 Å². The molecular formula is C16H13BrF3NO3. The summed E-state index contributed by atoms with van der Waals surface area (Å²) in [6.07, 6.45) is -3.95. The Bertz CT molecular complexity index is 723. The molecule has 8 heteroatoms. The van der Waals surface area contributed by atoms with Gasteiger partial charge in [-0.3, -0.25) is 9.59 Å². The molecule has 1 amide bonds. The highest BCUT2D eigenvalue weighted by molar-refractivity contribution is 9.09. The summed E-state index contributed by atoms with van der Waals surface area (Å²) in [6.45, 7) is 0. The summed E-state index contributed by atoms with van der Waals surface area (Å²) < 4.78 is 43.7. The number of alkyl halides is 4. The van der Waals surface area contributed by atoms with Crippen LogP contribution in [0, 0.1) is 23.7 Å². The van der Waals surface area contributed by atoms with E-state index in [1.54, 1.807) is 0 Å². The minimum absolute atomic E-state index is 0.0177. The van der Waals surface area contributed by atoms with Gasteiger partial charge in [-0.1, -0.05) is 22.0 Å². The maximum atomic E-state index is 12.8. The quantitative estimate of drug-likeness (QED) is 0.609. The van der Waals surface area contributed by atoms with Gasteiger partial charge in [0.15, 0.2) is 0 Å². The maximum Gasteiger partial charge on any atom is 0.416 e. The number of benzene rings is 1. The molecule has 1 saturated heterocycles. The van der Waals surface area contributed by atoms with Gasteiger partial charge in [-0.2, -0.15) is 13.2 Å². The van der Waals surface area contributed by atoms with Crippen molar-refractivity contribution in [1.82, 2.24) is 0 Å². The minimum Gasteiger partial charge on any atom is -0.461 e. The third kappa shape index (κ3) is 2.26.